The Morgan fingerprint density at radius 1 is 1.38 bits per heavy atom. The molecule has 3 aromatic heterocycles. The van der Waals surface area contributed by atoms with Crippen molar-refractivity contribution in [3.05, 3.63) is 34.8 Å². The van der Waals surface area contributed by atoms with Crippen molar-refractivity contribution in [1.82, 2.24) is 20.1 Å². The fourth-order valence-corrected chi connectivity index (χ4v) is 3.60. The molecule has 4 rings (SSSR count). The van der Waals surface area contributed by atoms with E-state index >= 15 is 0 Å². The van der Waals surface area contributed by atoms with Gasteiger partial charge in [-0.05, 0) is 51.8 Å². The molecule has 3 heterocycles. The molecule has 0 atom stereocenters. The summed E-state index contributed by atoms with van der Waals surface area (Å²) in [5.41, 5.74) is 2.28. The standard InChI is InChI=1S/C18H20N4OS/c1-10(2)22-17-14(9-19-22)13(18(23)20-12-5-6-12)8-15(21-17)16-7-4-11(3)24-16/h4,7-10,12H,5-6H2,1-3H3,(H,20,23). The van der Waals surface area contributed by atoms with E-state index in [1.165, 1.54) is 4.88 Å². The topological polar surface area (TPSA) is 59.8 Å². The van der Waals surface area contributed by atoms with Crippen LogP contribution in [0.2, 0.25) is 0 Å². The highest BCUT2D eigenvalue weighted by Gasteiger charge is 2.26. The summed E-state index contributed by atoms with van der Waals surface area (Å²) in [6.07, 6.45) is 3.90. The maximum absolute atomic E-state index is 12.7. The van der Waals surface area contributed by atoms with Crippen molar-refractivity contribution in [1.29, 1.82) is 0 Å². The van der Waals surface area contributed by atoms with Gasteiger partial charge in [0.1, 0.15) is 0 Å². The lowest BCUT2D eigenvalue weighted by Gasteiger charge is -2.10. The number of amides is 1. The molecule has 0 bridgehead atoms. The summed E-state index contributed by atoms with van der Waals surface area (Å²) in [5.74, 6) is -0.0252. The van der Waals surface area contributed by atoms with Gasteiger partial charge in [-0.15, -0.1) is 11.3 Å². The van der Waals surface area contributed by atoms with E-state index in [0.29, 0.717) is 11.6 Å². The Morgan fingerprint density at radius 2 is 2.17 bits per heavy atom. The lowest BCUT2D eigenvalue weighted by molar-refractivity contribution is 0.0952. The summed E-state index contributed by atoms with van der Waals surface area (Å²) >= 11 is 1.69. The van der Waals surface area contributed by atoms with Crippen LogP contribution in [0.25, 0.3) is 21.6 Å². The van der Waals surface area contributed by atoms with E-state index in [0.717, 1.165) is 34.4 Å². The summed E-state index contributed by atoms with van der Waals surface area (Å²) < 4.78 is 1.88. The molecule has 3 aromatic rings. The van der Waals surface area contributed by atoms with Crippen LogP contribution in [-0.2, 0) is 0 Å². The maximum Gasteiger partial charge on any atom is 0.252 e. The van der Waals surface area contributed by atoms with E-state index in [4.69, 9.17) is 4.98 Å². The minimum Gasteiger partial charge on any atom is -0.349 e. The van der Waals surface area contributed by atoms with Gasteiger partial charge in [0.15, 0.2) is 5.65 Å². The first kappa shape index (κ1) is 15.3. The molecule has 0 aromatic carbocycles. The Balaban J connectivity index is 1.89. The predicted molar refractivity (Wildman–Crippen MR) is 96.5 cm³/mol. The van der Waals surface area contributed by atoms with E-state index in [1.807, 2.05) is 10.7 Å². The Kier molecular flexibility index (Phi) is 3.64. The van der Waals surface area contributed by atoms with Crippen LogP contribution in [0, 0.1) is 6.92 Å². The Morgan fingerprint density at radius 3 is 2.79 bits per heavy atom. The Labute approximate surface area is 144 Å². The third-order valence-electron chi connectivity index (χ3n) is 4.21. The van der Waals surface area contributed by atoms with Crippen LogP contribution in [0.4, 0.5) is 0 Å². The van der Waals surface area contributed by atoms with Crippen LogP contribution in [-0.4, -0.2) is 26.7 Å². The maximum atomic E-state index is 12.7. The molecule has 0 unspecified atom stereocenters. The molecule has 1 fully saturated rings. The number of fused-ring (bicyclic) bond motifs is 1. The third-order valence-corrected chi connectivity index (χ3v) is 5.23. The van der Waals surface area contributed by atoms with Crippen molar-refractivity contribution < 1.29 is 4.79 Å². The Bertz CT molecular complexity index is 920. The smallest absolute Gasteiger partial charge is 0.252 e. The van der Waals surface area contributed by atoms with Gasteiger partial charge in [0.25, 0.3) is 5.91 Å². The number of aromatic nitrogens is 3. The molecule has 1 aliphatic carbocycles. The van der Waals surface area contributed by atoms with Crippen molar-refractivity contribution in [3.63, 3.8) is 0 Å². The number of nitrogens with zero attached hydrogens (tertiary/aromatic N) is 3. The summed E-state index contributed by atoms with van der Waals surface area (Å²) in [5, 5.41) is 8.35. The van der Waals surface area contributed by atoms with E-state index in [9.17, 15) is 4.79 Å². The fourth-order valence-electron chi connectivity index (χ4n) is 2.77. The van der Waals surface area contributed by atoms with Gasteiger partial charge < -0.3 is 5.32 Å². The van der Waals surface area contributed by atoms with E-state index in [1.54, 1.807) is 17.5 Å². The second-order valence-electron chi connectivity index (χ2n) is 6.63. The zero-order valence-corrected chi connectivity index (χ0v) is 14.9. The number of hydrogen-bond acceptors (Lipinski definition) is 4. The first-order chi connectivity index (χ1) is 11.5. The first-order valence-corrected chi connectivity index (χ1v) is 9.10. The van der Waals surface area contributed by atoms with Gasteiger partial charge in [0.05, 0.1) is 27.7 Å². The molecule has 24 heavy (non-hydrogen) atoms. The highest BCUT2D eigenvalue weighted by Crippen LogP contribution is 2.31. The minimum atomic E-state index is -0.0252. The van der Waals surface area contributed by atoms with Crippen molar-refractivity contribution in [2.24, 2.45) is 0 Å². The van der Waals surface area contributed by atoms with Crippen LogP contribution < -0.4 is 5.32 Å². The van der Waals surface area contributed by atoms with Crippen molar-refractivity contribution in [2.45, 2.75) is 45.7 Å². The summed E-state index contributed by atoms with van der Waals surface area (Å²) in [6, 6.07) is 6.56. The number of rotatable bonds is 4. The number of aryl methyl sites for hydroxylation is 1. The number of pyridine rings is 1. The molecule has 5 nitrogen and oxygen atoms in total. The lowest BCUT2D eigenvalue weighted by atomic mass is 10.1. The van der Waals surface area contributed by atoms with Crippen LogP contribution in [0.5, 0.6) is 0 Å². The number of hydrogen-bond donors (Lipinski definition) is 1. The van der Waals surface area contributed by atoms with Gasteiger partial charge in [-0.2, -0.15) is 5.10 Å². The monoisotopic (exact) mass is 340 g/mol. The molecule has 1 amide bonds. The molecular weight excluding hydrogens is 320 g/mol. The quantitative estimate of drug-likeness (QED) is 0.782. The largest absolute Gasteiger partial charge is 0.349 e. The van der Waals surface area contributed by atoms with Gasteiger partial charge in [-0.3, -0.25) is 4.79 Å². The van der Waals surface area contributed by atoms with Gasteiger partial charge in [0.2, 0.25) is 0 Å². The molecule has 1 saturated carbocycles. The highest BCUT2D eigenvalue weighted by molar-refractivity contribution is 7.15. The molecular formula is C18H20N4OS. The molecule has 124 valence electrons. The molecule has 0 spiro atoms. The summed E-state index contributed by atoms with van der Waals surface area (Å²) in [4.78, 5) is 19.8. The van der Waals surface area contributed by atoms with Crippen molar-refractivity contribution >= 4 is 28.3 Å². The van der Waals surface area contributed by atoms with Gasteiger partial charge >= 0.3 is 0 Å². The zero-order chi connectivity index (χ0) is 16.8. The number of carbonyl (C=O) groups is 1. The average molecular weight is 340 g/mol. The van der Waals surface area contributed by atoms with Crippen LogP contribution in [0.3, 0.4) is 0 Å². The van der Waals surface area contributed by atoms with Crippen molar-refractivity contribution in [2.75, 3.05) is 0 Å². The van der Waals surface area contributed by atoms with Gasteiger partial charge in [-0.1, -0.05) is 0 Å². The van der Waals surface area contributed by atoms with Crippen LogP contribution in [0.1, 0.15) is 48.0 Å². The molecule has 6 heteroatoms. The number of thiophene rings is 1. The molecule has 1 aliphatic rings. The summed E-state index contributed by atoms with van der Waals surface area (Å²) in [7, 11) is 0. The third kappa shape index (κ3) is 2.71. The average Bonchev–Trinajstić information content (AvgIpc) is 3.08. The lowest BCUT2D eigenvalue weighted by Crippen LogP contribution is -2.25. The van der Waals surface area contributed by atoms with Crippen LogP contribution >= 0.6 is 11.3 Å². The van der Waals surface area contributed by atoms with Gasteiger partial charge in [0, 0.05) is 17.0 Å². The zero-order valence-electron chi connectivity index (χ0n) is 14.0. The molecule has 0 saturated heterocycles. The summed E-state index contributed by atoms with van der Waals surface area (Å²) in [6.45, 7) is 6.21. The SMILES string of the molecule is Cc1ccc(-c2cc(C(=O)NC3CC3)c3cnn(C(C)C)c3n2)s1. The normalized spacial score (nSPS) is 14.5. The number of nitrogens with one attached hydrogen (secondary N) is 1. The second-order valence-corrected chi connectivity index (χ2v) is 7.92. The highest BCUT2D eigenvalue weighted by atomic mass is 32.1. The van der Waals surface area contributed by atoms with E-state index in [-0.39, 0.29) is 11.9 Å². The first-order valence-electron chi connectivity index (χ1n) is 8.29. The minimum absolute atomic E-state index is 0.0252. The second kappa shape index (κ2) is 5.70. The van der Waals surface area contributed by atoms with E-state index in [2.05, 4.69) is 43.3 Å². The van der Waals surface area contributed by atoms with Gasteiger partial charge in [-0.25, -0.2) is 9.67 Å². The van der Waals surface area contributed by atoms with Crippen molar-refractivity contribution in [3.8, 4) is 10.6 Å². The molecule has 0 radical (unpaired) electrons. The molecule has 1 N–H and O–H groups in total. The fraction of sp³-hybridized carbons (Fsp3) is 0.389. The number of carbonyl (C=O) groups excluding carboxylic acids is 1. The molecule has 0 aliphatic heterocycles. The Hall–Kier alpha value is -2.21. The predicted octanol–water partition coefficient (Wildman–Crippen LogP) is 3.94. The van der Waals surface area contributed by atoms with Crippen LogP contribution in [0.15, 0.2) is 24.4 Å². The van der Waals surface area contributed by atoms with E-state index < -0.39 is 0 Å².